The van der Waals surface area contributed by atoms with Crippen LogP contribution in [0.2, 0.25) is 0 Å². The lowest BCUT2D eigenvalue weighted by Crippen LogP contribution is -2.37. The van der Waals surface area contributed by atoms with Gasteiger partial charge in [0.15, 0.2) is 11.5 Å². The van der Waals surface area contributed by atoms with E-state index in [-0.39, 0.29) is 5.91 Å². The first-order valence-electron chi connectivity index (χ1n) is 11.0. The Bertz CT molecular complexity index is 1070. The Labute approximate surface area is 182 Å². The van der Waals surface area contributed by atoms with Gasteiger partial charge in [-0.05, 0) is 55.8 Å². The van der Waals surface area contributed by atoms with Crippen molar-refractivity contribution >= 4 is 16.8 Å². The molecule has 5 rings (SSSR count). The van der Waals surface area contributed by atoms with Crippen LogP contribution in [0.1, 0.15) is 28.8 Å². The molecule has 0 saturated carbocycles. The van der Waals surface area contributed by atoms with Crippen LogP contribution in [-0.4, -0.2) is 60.1 Å². The number of likely N-dealkylation sites (tertiary alicyclic amines) is 1. The fraction of sp³-hybridized carbons (Fsp3) is 0.360. The Balaban J connectivity index is 1.42. The maximum absolute atomic E-state index is 13.7. The van der Waals surface area contributed by atoms with Gasteiger partial charge in [0.05, 0.1) is 11.1 Å². The minimum Gasteiger partial charge on any atom is -0.486 e. The third-order valence-electron chi connectivity index (χ3n) is 6.02. The van der Waals surface area contributed by atoms with Crippen molar-refractivity contribution in [3.63, 3.8) is 0 Å². The molecule has 0 radical (unpaired) electrons. The first-order chi connectivity index (χ1) is 15.3. The molecular weight excluding hydrogens is 390 g/mol. The van der Waals surface area contributed by atoms with E-state index >= 15 is 0 Å². The number of nitrogens with zero attached hydrogens (tertiary/aromatic N) is 3. The molecule has 0 spiro atoms. The maximum atomic E-state index is 13.7. The number of benzene rings is 2. The number of pyridine rings is 1. The summed E-state index contributed by atoms with van der Waals surface area (Å²) in [7, 11) is 0. The zero-order chi connectivity index (χ0) is 21.0. The average Bonchev–Trinajstić information content (AvgIpc) is 3.34. The van der Waals surface area contributed by atoms with E-state index in [0.717, 1.165) is 47.6 Å². The molecule has 1 aromatic heterocycles. The molecule has 0 N–H and O–H groups in total. The number of fused-ring (bicyclic) bond motifs is 2. The summed E-state index contributed by atoms with van der Waals surface area (Å²) in [5.74, 6) is 1.53. The molecule has 160 valence electrons. The molecule has 2 aromatic carbocycles. The van der Waals surface area contributed by atoms with E-state index in [4.69, 9.17) is 9.47 Å². The van der Waals surface area contributed by atoms with Gasteiger partial charge in [-0.1, -0.05) is 24.3 Å². The van der Waals surface area contributed by atoms with Crippen LogP contribution in [0.4, 0.5) is 0 Å². The van der Waals surface area contributed by atoms with Crippen LogP contribution in [0, 0.1) is 0 Å². The third-order valence-corrected chi connectivity index (χ3v) is 6.02. The zero-order valence-electron chi connectivity index (χ0n) is 17.6. The van der Waals surface area contributed by atoms with Crippen LogP contribution >= 0.6 is 0 Å². The Morgan fingerprint density at radius 3 is 2.68 bits per heavy atom. The molecule has 3 aromatic rings. The zero-order valence-corrected chi connectivity index (χ0v) is 17.6. The van der Waals surface area contributed by atoms with Crippen molar-refractivity contribution in [2.45, 2.75) is 19.4 Å². The van der Waals surface area contributed by atoms with Crippen molar-refractivity contribution < 1.29 is 14.3 Å². The average molecular weight is 418 g/mol. The summed E-state index contributed by atoms with van der Waals surface area (Å²) < 4.78 is 11.4. The topological polar surface area (TPSA) is 54.9 Å². The molecule has 31 heavy (non-hydrogen) atoms. The molecule has 2 aliphatic rings. The highest BCUT2D eigenvalue weighted by Gasteiger charge is 2.22. The van der Waals surface area contributed by atoms with Crippen LogP contribution in [0.3, 0.4) is 0 Å². The van der Waals surface area contributed by atoms with Crippen molar-refractivity contribution in [3.05, 3.63) is 65.9 Å². The molecule has 1 amide bonds. The first-order valence-corrected chi connectivity index (χ1v) is 11.0. The quantitative estimate of drug-likeness (QED) is 0.612. The molecule has 0 unspecified atom stereocenters. The van der Waals surface area contributed by atoms with E-state index in [0.29, 0.717) is 31.9 Å². The lowest BCUT2D eigenvalue weighted by atomic mass is 10.1. The largest absolute Gasteiger partial charge is 0.486 e. The number of para-hydroxylation sites is 1. The SMILES string of the molecule is O=C(c1cccc2cccnc12)N(CCN1CCCC1)Cc1ccc2c(c1)OCCO2. The Morgan fingerprint density at radius 1 is 1.00 bits per heavy atom. The van der Waals surface area contributed by atoms with Crippen LogP contribution in [0.15, 0.2) is 54.7 Å². The summed E-state index contributed by atoms with van der Waals surface area (Å²) in [5, 5.41) is 0.979. The number of rotatable bonds is 6. The predicted octanol–water partition coefficient (Wildman–Crippen LogP) is 3.74. The number of hydrogen-bond acceptors (Lipinski definition) is 5. The summed E-state index contributed by atoms with van der Waals surface area (Å²) in [6, 6.07) is 15.6. The Morgan fingerprint density at radius 2 is 1.81 bits per heavy atom. The van der Waals surface area contributed by atoms with Gasteiger partial charge >= 0.3 is 0 Å². The molecule has 6 heteroatoms. The highest BCUT2D eigenvalue weighted by atomic mass is 16.6. The van der Waals surface area contributed by atoms with E-state index in [1.54, 1.807) is 6.20 Å². The van der Waals surface area contributed by atoms with Gasteiger partial charge in [-0.2, -0.15) is 0 Å². The second-order valence-corrected chi connectivity index (χ2v) is 8.13. The van der Waals surface area contributed by atoms with Gasteiger partial charge in [0.1, 0.15) is 13.2 Å². The molecule has 3 heterocycles. The highest BCUT2D eigenvalue weighted by molar-refractivity contribution is 6.05. The number of ether oxygens (including phenoxy) is 2. The van der Waals surface area contributed by atoms with Gasteiger partial charge in [0, 0.05) is 31.2 Å². The summed E-state index contributed by atoms with van der Waals surface area (Å²) in [6.07, 6.45) is 4.22. The number of amides is 1. The highest BCUT2D eigenvalue weighted by Crippen LogP contribution is 2.31. The van der Waals surface area contributed by atoms with E-state index in [1.807, 2.05) is 53.4 Å². The van der Waals surface area contributed by atoms with Crippen molar-refractivity contribution in [2.24, 2.45) is 0 Å². The Hall–Kier alpha value is -3.12. The predicted molar refractivity (Wildman–Crippen MR) is 120 cm³/mol. The normalized spacial score (nSPS) is 15.9. The van der Waals surface area contributed by atoms with Gasteiger partial charge < -0.3 is 19.3 Å². The van der Waals surface area contributed by atoms with Gasteiger partial charge in [-0.25, -0.2) is 0 Å². The van der Waals surface area contributed by atoms with Crippen LogP contribution in [0.5, 0.6) is 11.5 Å². The standard InChI is InChI=1S/C25H27N3O3/c29-25(21-7-3-5-20-6-4-10-26-24(20)21)28(14-13-27-11-1-2-12-27)18-19-8-9-22-23(17-19)31-16-15-30-22/h3-10,17H,1-2,11-16,18H2. The molecule has 0 atom stereocenters. The lowest BCUT2D eigenvalue weighted by Gasteiger charge is -2.27. The van der Waals surface area contributed by atoms with Crippen molar-refractivity contribution in [2.75, 3.05) is 39.4 Å². The summed E-state index contributed by atoms with van der Waals surface area (Å²) in [4.78, 5) is 22.5. The van der Waals surface area contributed by atoms with Crippen LogP contribution in [-0.2, 0) is 6.54 Å². The van der Waals surface area contributed by atoms with Crippen molar-refractivity contribution in [3.8, 4) is 11.5 Å². The molecule has 6 nitrogen and oxygen atoms in total. The smallest absolute Gasteiger partial charge is 0.256 e. The lowest BCUT2D eigenvalue weighted by molar-refractivity contribution is 0.0728. The third kappa shape index (κ3) is 4.35. The monoisotopic (exact) mass is 417 g/mol. The van der Waals surface area contributed by atoms with E-state index in [9.17, 15) is 4.79 Å². The molecule has 0 aliphatic carbocycles. The molecule has 1 saturated heterocycles. The second-order valence-electron chi connectivity index (χ2n) is 8.13. The van der Waals surface area contributed by atoms with Gasteiger partial charge in [-0.15, -0.1) is 0 Å². The van der Waals surface area contributed by atoms with E-state index in [1.165, 1.54) is 12.8 Å². The molecular formula is C25H27N3O3. The van der Waals surface area contributed by atoms with E-state index < -0.39 is 0 Å². The summed E-state index contributed by atoms with van der Waals surface area (Å²) in [5.41, 5.74) is 2.44. The maximum Gasteiger partial charge on any atom is 0.256 e. The minimum atomic E-state index is 0.0124. The fourth-order valence-electron chi connectivity index (χ4n) is 4.37. The number of aromatic nitrogens is 1. The molecule has 0 bridgehead atoms. The van der Waals surface area contributed by atoms with Gasteiger partial charge in [0.25, 0.3) is 5.91 Å². The first kappa shape index (κ1) is 19.8. The molecule has 1 fully saturated rings. The van der Waals surface area contributed by atoms with E-state index in [2.05, 4.69) is 9.88 Å². The van der Waals surface area contributed by atoms with Crippen LogP contribution in [0.25, 0.3) is 10.9 Å². The van der Waals surface area contributed by atoms with Crippen LogP contribution < -0.4 is 9.47 Å². The van der Waals surface area contributed by atoms with Crippen molar-refractivity contribution in [1.29, 1.82) is 0 Å². The summed E-state index contributed by atoms with van der Waals surface area (Å²) in [6.45, 7) is 5.43. The van der Waals surface area contributed by atoms with Crippen molar-refractivity contribution in [1.82, 2.24) is 14.8 Å². The Kier molecular flexibility index (Phi) is 5.71. The number of carbonyl (C=O) groups excluding carboxylic acids is 1. The van der Waals surface area contributed by atoms with Gasteiger partial charge in [-0.3, -0.25) is 9.78 Å². The summed E-state index contributed by atoms with van der Waals surface area (Å²) >= 11 is 0. The minimum absolute atomic E-state index is 0.0124. The molecule has 2 aliphatic heterocycles. The second kappa shape index (κ2) is 8.94. The van der Waals surface area contributed by atoms with Gasteiger partial charge in [0.2, 0.25) is 0 Å². The fourth-order valence-corrected chi connectivity index (χ4v) is 4.37. The number of carbonyl (C=O) groups is 1. The number of hydrogen-bond donors (Lipinski definition) is 0.